The van der Waals surface area contributed by atoms with Crippen LogP contribution in [-0.2, 0) is 0 Å². The number of nitrogens with one attached hydrogen (secondary N) is 2. The number of aromatic nitrogens is 2. The lowest BCUT2D eigenvalue weighted by Crippen LogP contribution is -2.15. The van der Waals surface area contributed by atoms with E-state index in [0.717, 1.165) is 16.8 Å². The molecule has 0 radical (unpaired) electrons. The number of para-hydroxylation sites is 1. The Morgan fingerprint density at radius 1 is 1.08 bits per heavy atom. The number of rotatable bonds is 4. The number of carbonyl (C=O) groups excluding carboxylic acids is 1. The van der Waals surface area contributed by atoms with Crippen LogP contribution >= 0.6 is 0 Å². The van der Waals surface area contributed by atoms with Gasteiger partial charge in [0.2, 0.25) is 5.95 Å². The average Bonchev–Trinajstić information content (AvgIpc) is 2.65. The molecule has 0 unspecified atom stereocenters. The van der Waals surface area contributed by atoms with E-state index in [1.54, 1.807) is 24.3 Å². The van der Waals surface area contributed by atoms with Crippen LogP contribution in [-0.4, -0.2) is 15.9 Å². The topological polar surface area (TPSA) is 90.7 Å². The number of anilines is 3. The molecule has 0 saturated heterocycles. The van der Waals surface area contributed by atoms with Crippen LogP contribution in [0, 0.1) is 25.2 Å². The summed E-state index contributed by atoms with van der Waals surface area (Å²) in [5.41, 5.74) is 4.10. The van der Waals surface area contributed by atoms with Gasteiger partial charge >= 0.3 is 0 Å². The molecule has 2 N–H and O–H groups in total. The molecule has 0 fully saturated rings. The SMILES string of the molecule is Cc1ccc(C)c(Nc2nccc(C(=O)Nc3ccccc3C#N)n2)c1. The van der Waals surface area contributed by atoms with Gasteiger partial charge in [-0.15, -0.1) is 0 Å². The molecule has 6 nitrogen and oxygen atoms in total. The highest BCUT2D eigenvalue weighted by Gasteiger charge is 2.12. The molecule has 26 heavy (non-hydrogen) atoms. The first kappa shape index (κ1) is 17.1. The highest BCUT2D eigenvalue weighted by molar-refractivity contribution is 6.03. The van der Waals surface area contributed by atoms with Crippen molar-refractivity contribution in [3.05, 3.63) is 77.1 Å². The standard InChI is InChI=1S/C20H17N5O/c1-13-7-8-14(2)18(11-13)25-20-22-10-9-17(24-20)19(26)23-16-6-4-3-5-15(16)12-21/h3-11H,1-2H3,(H,23,26)(H,22,24,25). The quantitative estimate of drug-likeness (QED) is 0.748. The Bertz CT molecular complexity index is 1010. The van der Waals surface area contributed by atoms with Crippen molar-refractivity contribution in [2.45, 2.75) is 13.8 Å². The van der Waals surface area contributed by atoms with Gasteiger partial charge in [0.1, 0.15) is 11.8 Å². The van der Waals surface area contributed by atoms with Gasteiger partial charge in [-0.05, 0) is 49.2 Å². The highest BCUT2D eigenvalue weighted by atomic mass is 16.1. The highest BCUT2D eigenvalue weighted by Crippen LogP contribution is 2.20. The first-order valence-electron chi connectivity index (χ1n) is 8.04. The number of hydrogen-bond donors (Lipinski definition) is 2. The Hall–Kier alpha value is -3.72. The van der Waals surface area contributed by atoms with Gasteiger partial charge in [-0.1, -0.05) is 24.3 Å². The minimum Gasteiger partial charge on any atom is -0.324 e. The second-order valence-electron chi connectivity index (χ2n) is 5.82. The molecule has 0 saturated carbocycles. The van der Waals surface area contributed by atoms with Crippen LogP contribution in [0.15, 0.2) is 54.7 Å². The van der Waals surface area contributed by atoms with Crippen molar-refractivity contribution >= 4 is 23.2 Å². The van der Waals surface area contributed by atoms with Crippen molar-refractivity contribution in [2.24, 2.45) is 0 Å². The number of benzene rings is 2. The van der Waals surface area contributed by atoms with Gasteiger partial charge in [-0.25, -0.2) is 9.97 Å². The first-order chi connectivity index (χ1) is 12.6. The lowest BCUT2D eigenvalue weighted by Gasteiger charge is -2.10. The van der Waals surface area contributed by atoms with Crippen LogP contribution in [0.5, 0.6) is 0 Å². The zero-order valence-electron chi connectivity index (χ0n) is 14.4. The lowest BCUT2D eigenvalue weighted by atomic mass is 10.1. The number of nitrogens with zero attached hydrogens (tertiary/aromatic N) is 3. The Balaban J connectivity index is 1.82. The molecule has 1 aromatic heterocycles. The molecule has 128 valence electrons. The first-order valence-corrected chi connectivity index (χ1v) is 8.04. The van der Waals surface area contributed by atoms with Crippen molar-refractivity contribution in [1.29, 1.82) is 5.26 Å². The van der Waals surface area contributed by atoms with Crippen molar-refractivity contribution in [3.63, 3.8) is 0 Å². The van der Waals surface area contributed by atoms with E-state index >= 15 is 0 Å². The average molecular weight is 343 g/mol. The van der Waals surface area contributed by atoms with E-state index in [2.05, 4.69) is 20.6 Å². The number of carbonyl (C=O) groups is 1. The fraction of sp³-hybridized carbons (Fsp3) is 0.100. The molecule has 0 bridgehead atoms. The van der Waals surface area contributed by atoms with Crippen LogP contribution < -0.4 is 10.6 Å². The lowest BCUT2D eigenvalue weighted by molar-refractivity contribution is 0.102. The molecule has 1 heterocycles. The summed E-state index contributed by atoms with van der Waals surface area (Å²) in [6.45, 7) is 3.99. The molecular formula is C20H17N5O. The van der Waals surface area contributed by atoms with Crippen LogP contribution in [0.1, 0.15) is 27.2 Å². The third-order valence-corrected chi connectivity index (χ3v) is 3.82. The van der Waals surface area contributed by atoms with Gasteiger partial charge in [0.25, 0.3) is 5.91 Å². The number of amides is 1. The second kappa shape index (κ2) is 7.45. The van der Waals surface area contributed by atoms with Gasteiger partial charge < -0.3 is 10.6 Å². The van der Waals surface area contributed by atoms with Crippen molar-refractivity contribution < 1.29 is 4.79 Å². The molecule has 0 spiro atoms. The van der Waals surface area contributed by atoms with Gasteiger partial charge in [0.05, 0.1) is 11.3 Å². The third kappa shape index (κ3) is 3.84. The summed E-state index contributed by atoms with van der Waals surface area (Å²) < 4.78 is 0. The van der Waals surface area contributed by atoms with Crippen molar-refractivity contribution in [1.82, 2.24) is 9.97 Å². The number of nitriles is 1. The molecule has 3 aromatic rings. The fourth-order valence-corrected chi connectivity index (χ4v) is 2.41. The predicted molar refractivity (Wildman–Crippen MR) is 100 cm³/mol. The van der Waals surface area contributed by atoms with Crippen LogP contribution in [0.4, 0.5) is 17.3 Å². The predicted octanol–water partition coefficient (Wildman–Crippen LogP) is 3.96. The largest absolute Gasteiger partial charge is 0.324 e. The van der Waals surface area contributed by atoms with Crippen LogP contribution in [0.25, 0.3) is 0 Å². The van der Waals surface area contributed by atoms with Crippen molar-refractivity contribution in [2.75, 3.05) is 10.6 Å². The summed E-state index contributed by atoms with van der Waals surface area (Å²) in [4.78, 5) is 20.9. The second-order valence-corrected chi connectivity index (χ2v) is 5.82. The van der Waals surface area contributed by atoms with Gasteiger partial charge in [0, 0.05) is 11.9 Å². The molecular weight excluding hydrogens is 326 g/mol. The van der Waals surface area contributed by atoms with E-state index in [-0.39, 0.29) is 5.69 Å². The van der Waals surface area contributed by atoms with Crippen LogP contribution in [0.3, 0.4) is 0 Å². The molecule has 3 rings (SSSR count). The summed E-state index contributed by atoms with van der Waals surface area (Å²) in [5.74, 6) is -0.0703. The van der Waals surface area contributed by atoms with Crippen LogP contribution in [0.2, 0.25) is 0 Å². The molecule has 0 aliphatic rings. The molecule has 1 amide bonds. The van der Waals surface area contributed by atoms with E-state index in [1.807, 2.05) is 38.1 Å². The summed E-state index contributed by atoms with van der Waals surface area (Å²) >= 11 is 0. The molecule has 0 atom stereocenters. The van der Waals surface area contributed by atoms with Gasteiger partial charge in [-0.3, -0.25) is 4.79 Å². The third-order valence-electron chi connectivity index (χ3n) is 3.82. The smallest absolute Gasteiger partial charge is 0.274 e. The number of aryl methyl sites for hydroxylation is 2. The molecule has 2 aromatic carbocycles. The molecule has 6 heteroatoms. The Kier molecular flexibility index (Phi) is 4.90. The summed E-state index contributed by atoms with van der Waals surface area (Å²) in [7, 11) is 0. The van der Waals surface area contributed by atoms with E-state index in [4.69, 9.17) is 5.26 Å². The fourth-order valence-electron chi connectivity index (χ4n) is 2.41. The summed E-state index contributed by atoms with van der Waals surface area (Å²) in [6.07, 6.45) is 1.52. The Morgan fingerprint density at radius 2 is 1.88 bits per heavy atom. The normalized spacial score (nSPS) is 10.0. The maximum Gasteiger partial charge on any atom is 0.274 e. The van der Waals surface area contributed by atoms with E-state index in [9.17, 15) is 4.79 Å². The zero-order chi connectivity index (χ0) is 18.5. The zero-order valence-corrected chi connectivity index (χ0v) is 14.4. The van der Waals surface area contributed by atoms with E-state index in [0.29, 0.717) is 17.2 Å². The molecule has 0 aliphatic heterocycles. The van der Waals surface area contributed by atoms with E-state index in [1.165, 1.54) is 12.3 Å². The summed E-state index contributed by atoms with van der Waals surface area (Å²) in [5, 5.41) is 15.0. The van der Waals surface area contributed by atoms with Crippen molar-refractivity contribution in [3.8, 4) is 6.07 Å². The van der Waals surface area contributed by atoms with Gasteiger partial charge in [0.15, 0.2) is 0 Å². The Morgan fingerprint density at radius 3 is 2.69 bits per heavy atom. The maximum atomic E-state index is 12.5. The number of hydrogen-bond acceptors (Lipinski definition) is 5. The minimum absolute atomic E-state index is 0.209. The minimum atomic E-state index is -0.404. The maximum absolute atomic E-state index is 12.5. The van der Waals surface area contributed by atoms with Gasteiger partial charge in [-0.2, -0.15) is 5.26 Å². The van der Waals surface area contributed by atoms with E-state index < -0.39 is 5.91 Å². The Labute approximate surface area is 151 Å². The monoisotopic (exact) mass is 343 g/mol. The summed E-state index contributed by atoms with van der Waals surface area (Å²) in [6, 6.07) is 16.4. The molecule has 0 aliphatic carbocycles.